The van der Waals surface area contributed by atoms with Crippen molar-refractivity contribution in [3.63, 3.8) is 0 Å². The second kappa shape index (κ2) is 6.25. The summed E-state index contributed by atoms with van der Waals surface area (Å²) in [5.74, 6) is 0.487. The van der Waals surface area contributed by atoms with Crippen molar-refractivity contribution in [2.24, 2.45) is 0 Å². The fourth-order valence-corrected chi connectivity index (χ4v) is 2.74. The predicted molar refractivity (Wildman–Crippen MR) is 80.9 cm³/mol. The van der Waals surface area contributed by atoms with Crippen molar-refractivity contribution in [1.82, 2.24) is 4.90 Å². The van der Waals surface area contributed by atoms with Gasteiger partial charge in [-0.3, -0.25) is 0 Å². The van der Waals surface area contributed by atoms with Gasteiger partial charge in [0.1, 0.15) is 17.9 Å². The molecule has 2 aliphatic heterocycles. The zero-order valence-electron chi connectivity index (χ0n) is 12.6. The number of carbonyl (C=O) groups is 2. The number of fused-ring (bicyclic) bond motifs is 2. The normalized spacial score (nSPS) is 22.6. The van der Waals surface area contributed by atoms with E-state index < -0.39 is 6.04 Å². The fraction of sp³-hybridized carbons (Fsp3) is 0.500. The highest BCUT2D eigenvalue weighted by Gasteiger charge is 2.48. The van der Waals surface area contributed by atoms with Crippen molar-refractivity contribution in [1.29, 1.82) is 0 Å². The van der Waals surface area contributed by atoms with Gasteiger partial charge in [0.2, 0.25) is 0 Å². The molecule has 1 aromatic rings. The molecule has 0 unspecified atom stereocenters. The lowest BCUT2D eigenvalue weighted by Gasteiger charge is -2.25. The van der Waals surface area contributed by atoms with Crippen LogP contribution in [-0.4, -0.2) is 42.2 Å². The summed E-state index contributed by atoms with van der Waals surface area (Å²) in [5.41, 5.74) is 0.684. The number of morpholine rings is 1. The minimum Gasteiger partial charge on any atom is -0.494 e. The van der Waals surface area contributed by atoms with Gasteiger partial charge in [-0.15, -0.1) is 0 Å². The van der Waals surface area contributed by atoms with Gasteiger partial charge in [-0.25, -0.2) is 9.59 Å². The minimum atomic E-state index is -0.429. The van der Waals surface area contributed by atoms with Crippen molar-refractivity contribution in [2.45, 2.75) is 38.3 Å². The Hall–Kier alpha value is -2.24. The number of amides is 2. The SMILES string of the molecule is CCCCOc1ccc(NC(=O)N2C[C@H]3C[C@@H]2C(=O)O3)cc1. The van der Waals surface area contributed by atoms with Crippen LogP contribution < -0.4 is 10.1 Å². The van der Waals surface area contributed by atoms with Crippen LogP contribution in [0.4, 0.5) is 10.5 Å². The molecule has 3 rings (SSSR count). The summed E-state index contributed by atoms with van der Waals surface area (Å²) in [6.45, 7) is 3.28. The fourth-order valence-electron chi connectivity index (χ4n) is 2.74. The monoisotopic (exact) mass is 304 g/mol. The van der Waals surface area contributed by atoms with Crippen molar-refractivity contribution < 1.29 is 19.1 Å². The molecule has 2 heterocycles. The molecule has 0 spiro atoms. The van der Waals surface area contributed by atoms with Gasteiger partial charge in [0, 0.05) is 12.1 Å². The summed E-state index contributed by atoms with van der Waals surface area (Å²) in [6, 6.07) is 6.56. The van der Waals surface area contributed by atoms with Crippen LogP contribution in [0, 0.1) is 0 Å². The first-order valence-electron chi connectivity index (χ1n) is 7.68. The highest BCUT2D eigenvalue weighted by Crippen LogP contribution is 2.29. The number of nitrogens with one attached hydrogen (secondary N) is 1. The summed E-state index contributed by atoms with van der Waals surface area (Å²) in [7, 11) is 0. The number of hydrogen-bond acceptors (Lipinski definition) is 4. The zero-order chi connectivity index (χ0) is 15.5. The van der Waals surface area contributed by atoms with Crippen LogP contribution in [0.1, 0.15) is 26.2 Å². The van der Waals surface area contributed by atoms with Gasteiger partial charge in [0.15, 0.2) is 0 Å². The lowest BCUT2D eigenvalue weighted by molar-refractivity contribution is -0.149. The van der Waals surface area contributed by atoms with E-state index in [4.69, 9.17) is 9.47 Å². The van der Waals surface area contributed by atoms with E-state index in [1.807, 2.05) is 12.1 Å². The Morgan fingerprint density at radius 2 is 2.18 bits per heavy atom. The van der Waals surface area contributed by atoms with E-state index in [2.05, 4.69) is 12.2 Å². The van der Waals surface area contributed by atoms with E-state index in [1.165, 1.54) is 0 Å². The molecule has 6 nitrogen and oxygen atoms in total. The number of benzene rings is 1. The number of carbonyl (C=O) groups excluding carboxylic acids is 2. The number of nitrogens with zero attached hydrogens (tertiary/aromatic N) is 1. The third-order valence-corrected chi connectivity index (χ3v) is 3.95. The Morgan fingerprint density at radius 1 is 1.41 bits per heavy atom. The molecule has 2 atom stereocenters. The lowest BCUT2D eigenvalue weighted by Crippen LogP contribution is -2.46. The summed E-state index contributed by atoms with van der Waals surface area (Å²) >= 11 is 0. The largest absolute Gasteiger partial charge is 0.494 e. The van der Waals surface area contributed by atoms with E-state index in [-0.39, 0.29) is 18.1 Å². The molecule has 2 aliphatic rings. The summed E-state index contributed by atoms with van der Waals surface area (Å²) in [6.07, 6.45) is 2.58. The number of unbranched alkanes of at least 4 members (excludes halogenated alkanes) is 1. The third-order valence-electron chi connectivity index (χ3n) is 3.95. The Bertz CT molecular complexity index is 558. The van der Waals surface area contributed by atoms with Crippen LogP contribution in [0.3, 0.4) is 0 Å². The molecule has 2 amide bonds. The molecule has 0 aromatic heterocycles. The molecule has 0 radical (unpaired) electrons. The number of rotatable bonds is 5. The van der Waals surface area contributed by atoms with Gasteiger partial charge in [-0.2, -0.15) is 0 Å². The maximum absolute atomic E-state index is 12.2. The maximum Gasteiger partial charge on any atom is 0.329 e. The van der Waals surface area contributed by atoms with E-state index in [1.54, 1.807) is 17.0 Å². The smallest absolute Gasteiger partial charge is 0.329 e. The standard InChI is InChI=1S/C16H20N2O4/c1-2-3-8-21-12-6-4-11(5-7-12)17-16(20)18-10-13-9-14(18)15(19)22-13/h4-7,13-14H,2-3,8-10H2,1H3,(H,17,20)/t13-,14-/m1/s1. The molecule has 2 bridgehead atoms. The van der Waals surface area contributed by atoms with Crippen molar-refractivity contribution >= 4 is 17.7 Å². The van der Waals surface area contributed by atoms with Crippen LogP contribution in [0.5, 0.6) is 5.75 Å². The third kappa shape index (κ3) is 3.00. The second-order valence-corrected chi connectivity index (χ2v) is 5.62. The maximum atomic E-state index is 12.2. The molecule has 2 saturated heterocycles. The molecular weight excluding hydrogens is 284 g/mol. The molecule has 22 heavy (non-hydrogen) atoms. The molecule has 0 saturated carbocycles. The first-order valence-corrected chi connectivity index (χ1v) is 7.68. The number of hydrogen-bond donors (Lipinski definition) is 1. The average Bonchev–Trinajstić information content (AvgIpc) is 3.08. The Balaban J connectivity index is 1.54. The number of urea groups is 1. The zero-order valence-corrected chi connectivity index (χ0v) is 12.6. The molecule has 118 valence electrons. The van der Waals surface area contributed by atoms with Gasteiger partial charge in [-0.1, -0.05) is 13.3 Å². The van der Waals surface area contributed by atoms with E-state index >= 15 is 0 Å². The van der Waals surface area contributed by atoms with Crippen LogP contribution in [-0.2, 0) is 9.53 Å². The molecular formula is C16H20N2O4. The van der Waals surface area contributed by atoms with Crippen LogP contribution in [0.25, 0.3) is 0 Å². The van der Waals surface area contributed by atoms with Crippen molar-refractivity contribution in [3.8, 4) is 5.75 Å². The van der Waals surface area contributed by atoms with Gasteiger partial charge in [0.05, 0.1) is 13.2 Å². The van der Waals surface area contributed by atoms with Gasteiger partial charge in [-0.05, 0) is 30.7 Å². The van der Waals surface area contributed by atoms with Crippen molar-refractivity contribution in [3.05, 3.63) is 24.3 Å². The lowest BCUT2D eigenvalue weighted by atomic mass is 10.2. The Kier molecular flexibility index (Phi) is 4.18. The molecule has 1 aromatic carbocycles. The molecule has 0 aliphatic carbocycles. The second-order valence-electron chi connectivity index (χ2n) is 5.62. The molecule has 6 heteroatoms. The Morgan fingerprint density at radius 3 is 2.82 bits per heavy atom. The predicted octanol–water partition coefficient (Wildman–Crippen LogP) is 2.40. The Labute approximate surface area is 129 Å². The van der Waals surface area contributed by atoms with Crippen LogP contribution in [0.2, 0.25) is 0 Å². The van der Waals surface area contributed by atoms with Crippen LogP contribution in [0.15, 0.2) is 24.3 Å². The topological polar surface area (TPSA) is 67.9 Å². The van der Waals surface area contributed by atoms with Gasteiger partial charge in [0.25, 0.3) is 0 Å². The van der Waals surface area contributed by atoms with E-state index in [0.717, 1.165) is 18.6 Å². The van der Waals surface area contributed by atoms with Gasteiger partial charge >= 0.3 is 12.0 Å². The number of ether oxygens (including phenoxy) is 2. The number of likely N-dealkylation sites (tertiary alicyclic amines) is 1. The quantitative estimate of drug-likeness (QED) is 0.670. The molecule has 2 fully saturated rings. The first-order chi connectivity index (χ1) is 10.7. The highest BCUT2D eigenvalue weighted by molar-refractivity contribution is 5.94. The summed E-state index contributed by atoms with van der Waals surface area (Å²) in [5, 5.41) is 2.81. The summed E-state index contributed by atoms with van der Waals surface area (Å²) in [4.78, 5) is 25.3. The van der Waals surface area contributed by atoms with E-state index in [0.29, 0.717) is 25.3 Å². The van der Waals surface area contributed by atoms with Gasteiger partial charge < -0.3 is 19.7 Å². The minimum absolute atomic E-state index is 0.141. The number of anilines is 1. The number of esters is 1. The average molecular weight is 304 g/mol. The summed E-state index contributed by atoms with van der Waals surface area (Å²) < 4.78 is 10.7. The highest BCUT2D eigenvalue weighted by atomic mass is 16.6. The van der Waals surface area contributed by atoms with Crippen LogP contribution >= 0.6 is 0 Å². The molecule has 1 N–H and O–H groups in total. The van der Waals surface area contributed by atoms with Crippen molar-refractivity contribution in [2.75, 3.05) is 18.5 Å². The van der Waals surface area contributed by atoms with E-state index in [9.17, 15) is 9.59 Å². The first kappa shape index (κ1) is 14.7.